The molecular formula is C15H25N3O2S. The average Bonchev–Trinajstić information content (AvgIpc) is 2.89. The summed E-state index contributed by atoms with van der Waals surface area (Å²) < 4.78 is 5.86. The van der Waals surface area contributed by atoms with Crippen molar-refractivity contribution < 1.29 is 9.53 Å². The van der Waals surface area contributed by atoms with Crippen LogP contribution < -0.4 is 10.6 Å². The number of aromatic nitrogens is 1. The Hall–Kier alpha value is -1.14. The number of carbonyl (C=O) groups excluding carboxylic acids is 1. The van der Waals surface area contributed by atoms with E-state index < -0.39 is 0 Å². The predicted octanol–water partition coefficient (Wildman–Crippen LogP) is 2.85. The topological polar surface area (TPSA) is 63.2 Å². The Balaban J connectivity index is 1.54. The molecule has 1 heterocycles. The van der Waals surface area contributed by atoms with Crippen molar-refractivity contribution in [3.05, 3.63) is 16.1 Å². The molecule has 1 aliphatic rings. The number of hydrogen-bond acceptors (Lipinski definition) is 4. The number of ether oxygens (including phenoxy) is 1. The molecule has 2 rings (SSSR count). The average molecular weight is 311 g/mol. The van der Waals surface area contributed by atoms with Gasteiger partial charge in [-0.15, -0.1) is 11.3 Å². The zero-order chi connectivity index (χ0) is 15.1. The number of aryl methyl sites for hydroxylation is 1. The van der Waals surface area contributed by atoms with Crippen LogP contribution in [0, 0.1) is 12.8 Å². The van der Waals surface area contributed by atoms with E-state index in [1.54, 1.807) is 11.3 Å². The van der Waals surface area contributed by atoms with E-state index in [2.05, 4.69) is 22.5 Å². The van der Waals surface area contributed by atoms with Gasteiger partial charge in [-0.1, -0.05) is 19.8 Å². The molecule has 0 unspecified atom stereocenters. The van der Waals surface area contributed by atoms with Crippen molar-refractivity contribution in [1.29, 1.82) is 0 Å². The monoisotopic (exact) mass is 311 g/mol. The van der Waals surface area contributed by atoms with Crippen LogP contribution in [0.2, 0.25) is 0 Å². The molecule has 118 valence electrons. The summed E-state index contributed by atoms with van der Waals surface area (Å²) in [4.78, 5) is 17.0. The fourth-order valence-electron chi connectivity index (χ4n) is 2.61. The summed E-state index contributed by atoms with van der Waals surface area (Å²) >= 11 is 1.60. The first-order chi connectivity index (χ1) is 10.1. The Kier molecular flexibility index (Phi) is 6.45. The Bertz CT molecular complexity index is 450. The van der Waals surface area contributed by atoms with Crippen molar-refractivity contribution in [3.8, 4) is 0 Å². The van der Waals surface area contributed by atoms with Gasteiger partial charge in [-0.05, 0) is 25.7 Å². The lowest BCUT2D eigenvalue weighted by molar-refractivity contribution is -0.00243. The number of nitrogens with zero attached hydrogens (tertiary/aromatic N) is 1. The fraction of sp³-hybridized carbons (Fsp3) is 0.733. The quantitative estimate of drug-likeness (QED) is 0.794. The van der Waals surface area contributed by atoms with Gasteiger partial charge in [0, 0.05) is 17.6 Å². The number of urea groups is 1. The largest absolute Gasteiger partial charge is 0.376 e. The summed E-state index contributed by atoms with van der Waals surface area (Å²) in [6.07, 6.45) is 7.16. The number of thiazole rings is 1. The molecule has 2 amide bonds. The second-order valence-electron chi connectivity index (χ2n) is 5.65. The molecule has 0 bridgehead atoms. The van der Waals surface area contributed by atoms with Gasteiger partial charge in [0.05, 0.1) is 19.3 Å². The minimum absolute atomic E-state index is 0.164. The van der Waals surface area contributed by atoms with Gasteiger partial charge in [-0.3, -0.25) is 0 Å². The molecule has 1 aliphatic carbocycles. The standard InChI is InChI=1S/C15H25N3O2S/c1-11-5-3-4-6-13(11)20-8-7-16-15(19)18-10-14-17-9-12(2)21-14/h9,11,13H,3-8,10H2,1-2H3,(H2,16,18,19)/t11-,13-/m1/s1. The number of hydrogen-bond donors (Lipinski definition) is 2. The Morgan fingerprint density at radius 1 is 1.43 bits per heavy atom. The highest BCUT2D eigenvalue weighted by Crippen LogP contribution is 2.25. The normalized spacial score (nSPS) is 22.0. The van der Waals surface area contributed by atoms with Gasteiger partial charge in [0.2, 0.25) is 0 Å². The van der Waals surface area contributed by atoms with Crippen LogP contribution in [0.15, 0.2) is 6.20 Å². The number of rotatable bonds is 6. The minimum atomic E-state index is -0.164. The van der Waals surface area contributed by atoms with Crippen LogP contribution in [-0.4, -0.2) is 30.3 Å². The predicted molar refractivity (Wildman–Crippen MR) is 84.5 cm³/mol. The number of amides is 2. The summed E-state index contributed by atoms with van der Waals surface area (Å²) in [6, 6.07) is -0.164. The van der Waals surface area contributed by atoms with Crippen molar-refractivity contribution in [2.45, 2.75) is 52.2 Å². The van der Waals surface area contributed by atoms with E-state index in [-0.39, 0.29) is 6.03 Å². The van der Waals surface area contributed by atoms with Crippen LogP contribution in [0.25, 0.3) is 0 Å². The lowest BCUT2D eigenvalue weighted by Crippen LogP contribution is -2.38. The molecule has 2 N–H and O–H groups in total. The molecule has 0 aliphatic heterocycles. The van der Waals surface area contributed by atoms with Gasteiger partial charge in [0.1, 0.15) is 5.01 Å². The molecule has 0 aromatic carbocycles. The maximum Gasteiger partial charge on any atom is 0.315 e. The summed E-state index contributed by atoms with van der Waals surface area (Å²) in [7, 11) is 0. The van der Waals surface area contributed by atoms with E-state index >= 15 is 0 Å². The summed E-state index contributed by atoms with van der Waals surface area (Å²) in [5.41, 5.74) is 0. The smallest absolute Gasteiger partial charge is 0.315 e. The van der Waals surface area contributed by atoms with E-state index in [0.29, 0.717) is 31.7 Å². The molecule has 1 aromatic rings. The first-order valence-corrected chi connectivity index (χ1v) is 8.51. The highest BCUT2D eigenvalue weighted by Gasteiger charge is 2.21. The Morgan fingerprint density at radius 2 is 2.24 bits per heavy atom. The summed E-state index contributed by atoms with van der Waals surface area (Å²) in [5.74, 6) is 0.640. The molecule has 0 saturated heterocycles. The van der Waals surface area contributed by atoms with Crippen molar-refractivity contribution in [3.63, 3.8) is 0 Å². The summed E-state index contributed by atoms with van der Waals surface area (Å²) in [6.45, 7) is 5.86. The first-order valence-electron chi connectivity index (χ1n) is 7.70. The van der Waals surface area contributed by atoms with Gasteiger partial charge < -0.3 is 15.4 Å². The van der Waals surface area contributed by atoms with Crippen LogP contribution in [0.4, 0.5) is 4.79 Å². The highest BCUT2D eigenvalue weighted by atomic mass is 32.1. The second-order valence-corrected chi connectivity index (χ2v) is 6.96. The van der Waals surface area contributed by atoms with Crippen molar-refractivity contribution >= 4 is 17.4 Å². The van der Waals surface area contributed by atoms with E-state index in [9.17, 15) is 4.79 Å². The second kappa shape index (κ2) is 8.34. The third-order valence-corrected chi connectivity index (χ3v) is 4.73. The Morgan fingerprint density at radius 3 is 2.95 bits per heavy atom. The molecule has 6 heteroatoms. The van der Waals surface area contributed by atoms with Crippen LogP contribution >= 0.6 is 11.3 Å². The SMILES string of the molecule is Cc1cnc(CNC(=O)NCCO[C@@H]2CCCC[C@H]2C)s1. The molecule has 0 radical (unpaired) electrons. The minimum Gasteiger partial charge on any atom is -0.376 e. The fourth-order valence-corrected chi connectivity index (χ4v) is 3.33. The summed E-state index contributed by atoms with van der Waals surface area (Å²) in [5, 5.41) is 6.54. The van der Waals surface area contributed by atoms with E-state index in [1.807, 2.05) is 13.1 Å². The third kappa shape index (κ3) is 5.63. The molecule has 5 nitrogen and oxygen atoms in total. The molecule has 21 heavy (non-hydrogen) atoms. The van der Waals surface area contributed by atoms with E-state index in [1.165, 1.54) is 19.3 Å². The third-order valence-electron chi connectivity index (χ3n) is 3.82. The number of carbonyl (C=O) groups is 1. The van der Waals surface area contributed by atoms with Gasteiger partial charge in [0.25, 0.3) is 0 Å². The lowest BCUT2D eigenvalue weighted by Gasteiger charge is -2.28. The molecule has 0 spiro atoms. The highest BCUT2D eigenvalue weighted by molar-refractivity contribution is 7.11. The lowest BCUT2D eigenvalue weighted by atomic mass is 9.88. The van der Waals surface area contributed by atoms with Crippen LogP contribution in [0.1, 0.15) is 42.5 Å². The zero-order valence-corrected chi connectivity index (χ0v) is 13.7. The van der Waals surface area contributed by atoms with Crippen LogP contribution in [-0.2, 0) is 11.3 Å². The molecule has 1 aromatic heterocycles. The zero-order valence-electron chi connectivity index (χ0n) is 12.9. The van der Waals surface area contributed by atoms with Gasteiger partial charge in [-0.25, -0.2) is 9.78 Å². The first kappa shape index (κ1) is 16.2. The van der Waals surface area contributed by atoms with Gasteiger partial charge in [0.15, 0.2) is 0 Å². The van der Waals surface area contributed by atoms with Crippen molar-refractivity contribution in [2.24, 2.45) is 5.92 Å². The maximum absolute atomic E-state index is 11.6. The van der Waals surface area contributed by atoms with E-state index in [0.717, 1.165) is 16.3 Å². The van der Waals surface area contributed by atoms with Crippen molar-refractivity contribution in [1.82, 2.24) is 15.6 Å². The van der Waals surface area contributed by atoms with Crippen LogP contribution in [0.5, 0.6) is 0 Å². The molecule has 1 fully saturated rings. The maximum atomic E-state index is 11.6. The molecule has 1 saturated carbocycles. The van der Waals surface area contributed by atoms with Crippen molar-refractivity contribution in [2.75, 3.05) is 13.2 Å². The number of nitrogens with one attached hydrogen (secondary N) is 2. The van der Waals surface area contributed by atoms with Gasteiger partial charge >= 0.3 is 6.03 Å². The van der Waals surface area contributed by atoms with E-state index in [4.69, 9.17) is 4.74 Å². The van der Waals surface area contributed by atoms with Crippen LogP contribution in [0.3, 0.4) is 0 Å². The molecular weight excluding hydrogens is 286 g/mol. The molecule has 2 atom stereocenters. The Labute approximate surface area is 130 Å². The van der Waals surface area contributed by atoms with Gasteiger partial charge in [-0.2, -0.15) is 0 Å².